The van der Waals surface area contributed by atoms with Crippen LogP contribution in [0.4, 0.5) is 9.59 Å². The summed E-state index contributed by atoms with van der Waals surface area (Å²) in [7, 11) is -3.47. The first-order valence-corrected chi connectivity index (χ1v) is 32.6. The van der Waals surface area contributed by atoms with Crippen LogP contribution in [0.2, 0.25) is 6.32 Å². The average molecular weight is 1230 g/mol. The summed E-state index contributed by atoms with van der Waals surface area (Å²) in [4.78, 5) is 68.2. The Kier molecular flexibility index (Phi) is 25.4. The Labute approximate surface area is 530 Å². The molecule has 5 aliphatic heterocycles. The van der Waals surface area contributed by atoms with Gasteiger partial charge in [0.1, 0.15) is 13.2 Å². The smallest absolute Gasteiger partial charge is 0.447 e. The molecule has 6 N–H and O–H groups in total. The first kappa shape index (κ1) is 70.7. The second kappa shape index (κ2) is 32.0. The molecule has 8 fully saturated rings. The van der Waals surface area contributed by atoms with E-state index in [9.17, 15) is 29.2 Å². The van der Waals surface area contributed by atoms with Gasteiger partial charge in [-0.2, -0.15) is 0 Å². The summed E-state index contributed by atoms with van der Waals surface area (Å²) in [6.07, 6.45) is 15.1. The number of nitrogens with one attached hydrogen (secondary N) is 2. The minimum Gasteiger partial charge on any atom is -0.447 e. The number of rotatable bonds is 20. The van der Waals surface area contributed by atoms with Crippen molar-refractivity contribution in [3.8, 4) is 0 Å². The molecule has 20 nitrogen and oxygen atoms in total. The zero-order chi connectivity index (χ0) is 64.7. The van der Waals surface area contributed by atoms with Gasteiger partial charge in [0.15, 0.2) is 0 Å². The molecule has 2 aromatic carbocycles. The third kappa shape index (κ3) is 18.9. The molecule has 0 spiro atoms. The highest BCUT2D eigenvalue weighted by molar-refractivity contribution is 6.48. The van der Waals surface area contributed by atoms with E-state index in [1.165, 1.54) is 0 Å². The molecule has 0 aromatic heterocycles. The Hall–Kier alpha value is -5.75. The van der Waals surface area contributed by atoms with Gasteiger partial charge < -0.3 is 59.3 Å². The summed E-state index contributed by atoms with van der Waals surface area (Å²) in [6.45, 7) is 39.4. The van der Waals surface area contributed by atoms with Gasteiger partial charge in [-0.25, -0.2) is 19.3 Å². The zero-order valence-corrected chi connectivity index (χ0v) is 54.3. The topological polar surface area (TPSA) is 232 Å². The van der Waals surface area contributed by atoms with Crippen LogP contribution in [0, 0.1) is 36.3 Å². The third-order valence-electron chi connectivity index (χ3n) is 19.6. The Morgan fingerprint density at radius 3 is 1.55 bits per heavy atom. The van der Waals surface area contributed by atoms with Gasteiger partial charge in [-0.05, 0) is 191 Å². The zero-order valence-electron chi connectivity index (χ0n) is 54.3. The molecule has 4 amide bonds. The Balaban J connectivity index is 0.000000235. The van der Waals surface area contributed by atoms with Crippen LogP contribution in [0.3, 0.4) is 0 Å². The van der Waals surface area contributed by atoms with E-state index in [-0.39, 0.29) is 77.6 Å². The normalized spacial score (nSPS) is 25.1. The summed E-state index contributed by atoms with van der Waals surface area (Å²) in [6, 6.07) is 18.6. The van der Waals surface area contributed by atoms with Crippen LogP contribution in [0.1, 0.15) is 150 Å². The second-order valence-electron chi connectivity index (χ2n) is 27.7. The summed E-state index contributed by atoms with van der Waals surface area (Å²) in [5, 5.41) is 41.6. The predicted octanol–water partition coefficient (Wildman–Crippen LogP) is 8.16. The fraction of sp³-hybridized carbons (Fsp3) is 0.667. The van der Waals surface area contributed by atoms with E-state index >= 15 is 0 Å². The number of hydrogen-bond donors (Lipinski definition) is 6. The molecule has 0 radical (unpaired) electrons. The molecule has 5 saturated heterocycles. The Bertz CT molecular complexity index is 2800. The van der Waals surface area contributed by atoms with Crippen molar-refractivity contribution in [1.82, 2.24) is 30.2 Å². The summed E-state index contributed by atoms with van der Waals surface area (Å²) in [5.74, 6) is -0.557. The quantitative estimate of drug-likeness (QED) is 0.0418. The lowest BCUT2D eigenvalue weighted by Crippen LogP contribution is -2.65. The summed E-state index contributed by atoms with van der Waals surface area (Å²) in [5.41, 5.74) is 1.21. The first-order valence-electron chi connectivity index (χ1n) is 32.6. The molecule has 3 aliphatic carbocycles. The average Bonchev–Trinajstić information content (AvgIpc) is 1.67. The molecule has 0 unspecified atom stereocenters. The molecule has 23 heteroatoms. The molecule has 89 heavy (non-hydrogen) atoms. The number of piperidine rings is 2. The largest absolute Gasteiger partial charge is 0.482 e. The number of ether oxygens (including phenoxy) is 2. The van der Waals surface area contributed by atoms with Crippen molar-refractivity contribution in [2.24, 2.45) is 23.2 Å². The molecule has 5 heterocycles. The molecule has 3 saturated carbocycles. The lowest BCUT2D eigenvalue weighted by Gasteiger charge is -2.64. The number of alkyl carbamates (subject to hydrolysis) is 2. The van der Waals surface area contributed by atoms with E-state index in [4.69, 9.17) is 42.0 Å². The van der Waals surface area contributed by atoms with E-state index in [2.05, 4.69) is 64.7 Å². The molecular formula is C66H99B3N8O12. The molecule has 2 aromatic rings. The van der Waals surface area contributed by atoms with Crippen LogP contribution in [-0.2, 0) is 41.2 Å². The fourth-order valence-corrected chi connectivity index (χ4v) is 14.3. The number of hydrogen-bond acceptors (Lipinski definition) is 14. The van der Waals surface area contributed by atoms with Gasteiger partial charge >= 0.3 is 33.5 Å². The third-order valence-corrected chi connectivity index (χ3v) is 19.6. The van der Waals surface area contributed by atoms with Crippen molar-refractivity contribution < 1.29 is 58.1 Å². The van der Waals surface area contributed by atoms with Gasteiger partial charge in [-0.3, -0.25) is 19.4 Å². The lowest BCUT2D eigenvalue weighted by atomic mass is 9.43. The second-order valence-corrected chi connectivity index (χ2v) is 27.7. The number of nitrogens with zero attached hydrogens (tertiary/aromatic N) is 6. The Morgan fingerprint density at radius 2 is 1.13 bits per heavy atom. The Morgan fingerprint density at radius 1 is 0.685 bits per heavy atom. The van der Waals surface area contributed by atoms with Gasteiger partial charge in [0.05, 0.1) is 48.8 Å². The SMILES string of the molecule is CC(C)CB(O)O.[C-]#[N+]C(=CC(C)(C)N1CCCC1)C(=O)N1CCCC[C@@H]1COC(=O)N[C@@H](Cc1ccccc1)B(O)O.[C-]#[N+]C(=CC(C)(C)N1CCCC1)C(=O)N1CCCC[C@@H]1COC(=O)N[C@@H](Cc1ccccc1)B1O[C@@H]2C[C@@H]3C[C@@H](C3(C)C)[C@]2(C)O1. The van der Waals surface area contributed by atoms with Crippen LogP contribution in [-0.4, -0.2) is 184 Å². The first-order chi connectivity index (χ1) is 42.3. The van der Waals surface area contributed by atoms with Crippen molar-refractivity contribution in [2.45, 2.75) is 205 Å². The standard InChI is InChI=1S/C36H51BN4O5.C26H37BN4O5.C4H11BO2/c1-34(2,40-17-12-13-18-40)23-28(38-6)32(42)41-19-11-10-16-27(41)24-44-33(43)39-31(20-25-14-8-7-9-15-25)37-45-30-22-26-21-29(35(26,3)4)36(30,5)46-37;1-26(2,30-14-9-10-15-30)18-22(28-3)24(32)31-16-8-7-13-21(31)19-36-25(33)29-23(27(34)35)17-20-11-5-4-6-12-20;1-4(2)3-5(6)7/h7-9,14-15,23,26-27,29-31H,10-13,16-22,24H2,1-5H3,(H,39,43);4-6,11-12,18,21,23,34-35H,7-10,13-17,19H2,1-2H3,(H,29,33);4,6-7H,3H2,1-2H3/t26-,27+,29-,30+,31-,36-;21-,23+;/m01./s1. The lowest BCUT2D eigenvalue weighted by molar-refractivity contribution is -0.199. The maximum Gasteiger partial charge on any atom is 0.482 e. The highest BCUT2D eigenvalue weighted by Gasteiger charge is 2.68. The molecule has 8 aliphatic rings. The summed E-state index contributed by atoms with van der Waals surface area (Å²) >= 11 is 0. The number of likely N-dealkylation sites (tertiary alicyclic amines) is 4. The maximum atomic E-state index is 13.7. The molecule has 10 rings (SSSR count). The van der Waals surface area contributed by atoms with Crippen molar-refractivity contribution in [3.63, 3.8) is 0 Å². The van der Waals surface area contributed by atoms with Crippen molar-refractivity contribution in [2.75, 3.05) is 52.5 Å². The number of carbonyl (C=O) groups excluding carboxylic acids is 4. The van der Waals surface area contributed by atoms with Gasteiger partial charge in [0.25, 0.3) is 11.8 Å². The monoisotopic (exact) mass is 1230 g/mol. The maximum absolute atomic E-state index is 13.7. The van der Waals surface area contributed by atoms with Crippen LogP contribution in [0.25, 0.3) is 9.69 Å². The van der Waals surface area contributed by atoms with Gasteiger partial charge in [0.2, 0.25) is 11.4 Å². The van der Waals surface area contributed by atoms with E-state index in [1.807, 2.05) is 94.4 Å². The predicted molar refractivity (Wildman–Crippen MR) is 345 cm³/mol. The van der Waals surface area contributed by atoms with Crippen molar-refractivity contribution >= 4 is 45.4 Å². The van der Waals surface area contributed by atoms with Crippen LogP contribution in [0.15, 0.2) is 84.2 Å². The highest BCUT2D eigenvalue weighted by Crippen LogP contribution is 2.65. The van der Waals surface area contributed by atoms with Crippen molar-refractivity contribution in [3.05, 3.63) is 118 Å². The molecular weight excluding hydrogens is 1130 g/mol. The van der Waals surface area contributed by atoms with Gasteiger partial charge in [-0.15, -0.1) is 0 Å². The van der Waals surface area contributed by atoms with Crippen molar-refractivity contribution in [1.29, 1.82) is 0 Å². The van der Waals surface area contributed by atoms with E-state index in [1.54, 1.807) is 15.9 Å². The van der Waals surface area contributed by atoms with Gasteiger partial charge in [0, 0.05) is 24.2 Å². The number of amides is 4. The number of benzene rings is 2. The molecule has 8 atom stereocenters. The minimum atomic E-state index is -1.75. The fourth-order valence-electron chi connectivity index (χ4n) is 14.3. The molecule has 2 bridgehead atoms. The van der Waals surface area contributed by atoms with E-state index in [0.29, 0.717) is 50.0 Å². The number of carbonyl (C=O) groups is 4. The van der Waals surface area contributed by atoms with Crippen LogP contribution < -0.4 is 10.6 Å². The minimum absolute atomic E-state index is 0.00678. The molecule has 484 valence electrons. The van der Waals surface area contributed by atoms with E-state index < -0.39 is 51.0 Å². The van der Waals surface area contributed by atoms with Crippen LogP contribution in [0.5, 0.6) is 0 Å². The highest BCUT2D eigenvalue weighted by atomic mass is 16.7. The van der Waals surface area contributed by atoms with Crippen LogP contribution >= 0.6 is 0 Å². The summed E-state index contributed by atoms with van der Waals surface area (Å²) < 4.78 is 24.6. The van der Waals surface area contributed by atoms with E-state index in [0.717, 1.165) is 108 Å². The van der Waals surface area contributed by atoms with Gasteiger partial charge in [-0.1, -0.05) is 101 Å².